The largest absolute Gasteiger partial charge is 0.340 e. The van der Waals surface area contributed by atoms with Crippen LogP contribution in [0.15, 0.2) is 58.5 Å². The van der Waals surface area contributed by atoms with E-state index in [0.717, 1.165) is 10.4 Å². The molecule has 122 valence electrons. The Balaban J connectivity index is 1.93. The van der Waals surface area contributed by atoms with E-state index in [1.54, 1.807) is 18.2 Å². The molecule has 2 aromatic heterocycles. The van der Waals surface area contributed by atoms with Gasteiger partial charge in [-0.2, -0.15) is 0 Å². The fourth-order valence-electron chi connectivity index (χ4n) is 2.22. The molecule has 3 rings (SSSR count). The minimum absolute atomic E-state index is 0.125. The summed E-state index contributed by atoms with van der Waals surface area (Å²) in [6.07, 6.45) is 1.52. The number of hydrogen-bond acceptors (Lipinski definition) is 3. The van der Waals surface area contributed by atoms with Crippen molar-refractivity contribution in [3.8, 4) is 0 Å². The van der Waals surface area contributed by atoms with Gasteiger partial charge in [0.2, 0.25) is 0 Å². The number of hydrogen-bond donors (Lipinski definition) is 1. The van der Waals surface area contributed by atoms with Crippen molar-refractivity contribution in [2.45, 2.75) is 6.04 Å². The summed E-state index contributed by atoms with van der Waals surface area (Å²) in [5.41, 5.74) is 1.06. The van der Waals surface area contributed by atoms with E-state index in [4.69, 9.17) is 11.6 Å². The average Bonchev–Trinajstić information content (AvgIpc) is 3.10. The van der Waals surface area contributed by atoms with E-state index in [-0.39, 0.29) is 22.4 Å². The normalized spacial score (nSPS) is 12.0. The number of nitrogens with one attached hydrogen (secondary N) is 1. The van der Waals surface area contributed by atoms with Crippen molar-refractivity contribution in [1.82, 2.24) is 10.3 Å². The van der Waals surface area contributed by atoms with Crippen LogP contribution in [-0.4, -0.2) is 10.9 Å². The predicted octanol–water partition coefficient (Wildman–Crippen LogP) is 5.22. The molecule has 0 fully saturated rings. The second-order valence-electron chi connectivity index (χ2n) is 4.97. The maximum Gasteiger partial charge on any atom is 0.255 e. The van der Waals surface area contributed by atoms with Gasteiger partial charge in [0.05, 0.1) is 11.6 Å². The molecule has 24 heavy (non-hydrogen) atoms. The molecular formula is C17H11BrClFN2OS. The van der Waals surface area contributed by atoms with Gasteiger partial charge in [0.15, 0.2) is 0 Å². The van der Waals surface area contributed by atoms with Gasteiger partial charge in [0.25, 0.3) is 5.91 Å². The van der Waals surface area contributed by atoms with E-state index in [1.807, 2.05) is 17.5 Å². The monoisotopic (exact) mass is 424 g/mol. The lowest BCUT2D eigenvalue weighted by molar-refractivity contribution is 0.0943. The van der Waals surface area contributed by atoms with Gasteiger partial charge in [-0.1, -0.05) is 29.8 Å². The number of pyridine rings is 1. The fourth-order valence-corrected chi connectivity index (χ4v) is 3.54. The van der Waals surface area contributed by atoms with Gasteiger partial charge < -0.3 is 5.32 Å². The van der Waals surface area contributed by atoms with E-state index >= 15 is 0 Å². The third kappa shape index (κ3) is 3.83. The maximum absolute atomic E-state index is 13.2. The number of thiophene rings is 1. The molecular weight excluding hydrogens is 415 g/mol. The Labute approximate surface area is 155 Å². The standard InChI is InChI=1S/C17H11BrClFN2OS/c18-11-8-13(16(19)21-9-11)17(23)22-15(14-2-1-7-24-14)10-3-5-12(20)6-4-10/h1-9,15H,(H,22,23). The van der Waals surface area contributed by atoms with Gasteiger partial charge in [-0.15, -0.1) is 11.3 Å². The number of benzene rings is 1. The Morgan fingerprint density at radius 2 is 2.04 bits per heavy atom. The van der Waals surface area contributed by atoms with Crippen molar-refractivity contribution < 1.29 is 9.18 Å². The Bertz CT molecular complexity index is 856. The zero-order valence-corrected chi connectivity index (χ0v) is 15.3. The molecule has 1 atom stereocenters. The summed E-state index contributed by atoms with van der Waals surface area (Å²) in [5.74, 6) is -0.675. The van der Waals surface area contributed by atoms with E-state index in [9.17, 15) is 9.18 Å². The van der Waals surface area contributed by atoms with Crippen LogP contribution < -0.4 is 5.32 Å². The van der Waals surface area contributed by atoms with Crippen LogP contribution in [0.1, 0.15) is 26.8 Å². The second kappa shape index (κ2) is 7.42. The topological polar surface area (TPSA) is 42.0 Å². The minimum Gasteiger partial charge on any atom is -0.340 e. The molecule has 7 heteroatoms. The maximum atomic E-state index is 13.2. The van der Waals surface area contributed by atoms with Crippen LogP contribution in [0.3, 0.4) is 0 Å². The molecule has 1 aromatic carbocycles. The first-order chi connectivity index (χ1) is 11.5. The van der Waals surface area contributed by atoms with E-state index < -0.39 is 6.04 Å². The quantitative estimate of drug-likeness (QED) is 0.583. The van der Waals surface area contributed by atoms with Crippen molar-refractivity contribution in [3.63, 3.8) is 0 Å². The molecule has 0 bridgehead atoms. The summed E-state index contributed by atoms with van der Waals surface area (Å²) >= 11 is 10.8. The van der Waals surface area contributed by atoms with Gasteiger partial charge in [-0.05, 0) is 51.1 Å². The van der Waals surface area contributed by atoms with Crippen molar-refractivity contribution in [3.05, 3.63) is 85.5 Å². The summed E-state index contributed by atoms with van der Waals surface area (Å²) in [7, 11) is 0. The van der Waals surface area contributed by atoms with Crippen molar-refractivity contribution in [2.24, 2.45) is 0 Å². The number of carbonyl (C=O) groups is 1. The van der Waals surface area contributed by atoms with Crippen LogP contribution in [0.5, 0.6) is 0 Å². The van der Waals surface area contributed by atoms with E-state index in [1.165, 1.54) is 29.7 Å². The molecule has 0 spiro atoms. The van der Waals surface area contributed by atoms with Gasteiger partial charge in [0, 0.05) is 15.5 Å². The SMILES string of the molecule is O=C(NC(c1ccc(F)cc1)c1cccs1)c1cc(Br)cnc1Cl. The number of nitrogens with zero attached hydrogens (tertiary/aromatic N) is 1. The van der Waals surface area contributed by atoms with Crippen LogP contribution in [-0.2, 0) is 0 Å². The first-order valence-electron chi connectivity index (χ1n) is 6.95. The molecule has 2 heterocycles. The predicted molar refractivity (Wildman–Crippen MR) is 97.0 cm³/mol. The Morgan fingerprint density at radius 3 is 2.71 bits per heavy atom. The summed E-state index contributed by atoms with van der Waals surface area (Å²) in [5, 5.41) is 4.99. The third-order valence-corrected chi connectivity index (χ3v) is 5.03. The number of rotatable bonds is 4. The van der Waals surface area contributed by atoms with Gasteiger partial charge >= 0.3 is 0 Å². The molecule has 1 amide bonds. The smallest absolute Gasteiger partial charge is 0.255 e. The zero-order valence-electron chi connectivity index (χ0n) is 12.2. The van der Waals surface area contributed by atoms with E-state index in [0.29, 0.717) is 4.47 Å². The lowest BCUT2D eigenvalue weighted by Crippen LogP contribution is -2.29. The first-order valence-corrected chi connectivity index (χ1v) is 9.00. The zero-order chi connectivity index (χ0) is 17.1. The van der Waals surface area contributed by atoms with Crippen LogP contribution >= 0.6 is 38.9 Å². The molecule has 1 unspecified atom stereocenters. The Hall–Kier alpha value is -1.76. The Kier molecular flexibility index (Phi) is 5.28. The highest BCUT2D eigenvalue weighted by atomic mass is 79.9. The van der Waals surface area contributed by atoms with Gasteiger partial charge in [-0.25, -0.2) is 9.37 Å². The average molecular weight is 426 g/mol. The highest BCUT2D eigenvalue weighted by Crippen LogP contribution is 2.27. The van der Waals surface area contributed by atoms with Crippen molar-refractivity contribution in [1.29, 1.82) is 0 Å². The molecule has 0 radical (unpaired) electrons. The van der Waals surface area contributed by atoms with E-state index in [2.05, 4.69) is 26.2 Å². The van der Waals surface area contributed by atoms with Crippen LogP contribution in [0.2, 0.25) is 5.15 Å². The molecule has 1 N–H and O–H groups in total. The minimum atomic E-state index is -0.395. The fraction of sp³-hybridized carbons (Fsp3) is 0.0588. The molecule has 0 saturated heterocycles. The highest BCUT2D eigenvalue weighted by molar-refractivity contribution is 9.10. The highest BCUT2D eigenvalue weighted by Gasteiger charge is 2.21. The second-order valence-corrected chi connectivity index (χ2v) is 7.22. The van der Waals surface area contributed by atoms with Crippen molar-refractivity contribution >= 4 is 44.8 Å². The summed E-state index contributed by atoms with van der Waals surface area (Å²) in [6, 6.07) is 11.1. The number of aromatic nitrogens is 1. The molecule has 3 nitrogen and oxygen atoms in total. The van der Waals surface area contributed by atoms with Crippen LogP contribution in [0.4, 0.5) is 4.39 Å². The number of carbonyl (C=O) groups excluding carboxylic acids is 1. The molecule has 3 aromatic rings. The molecule has 0 aliphatic heterocycles. The van der Waals surface area contributed by atoms with Crippen LogP contribution in [0, 0.1) is 5.82 Å². The first kappa shape index (κ1) is 17.1. The lowest BCUT2D eigenvalue weighted by atomic mass is 10.0. The van der Waals surface area contributed by atoms with Crippen LogP contribution in [0.25, 0.3) is 0 Å². The number of amides is 1. The third-order valence-electron chi connectivity index (χ3n) is 3.36. The molecule has 0 aliphatic carbocycles. The van der Waals surface area contributed by atoms with Crippen molar-refractivity contribution in [2.75, 3.05) is 0 Å². The van der Waals surface area contributed by atoms with Gasteiger partial charge in [-0.3, -0.25) is 4.79 Å². The summed E-state index contributed by atoms with van der Waals surface area (Å²) in [4.78, 5) is 17.5. The summed E-state index contributed by atoms with van der Waals surface area (Å²) < 4.78 is 13.9. The lowest BCUT2D eigenvalue weighted by Gasteiger charge is -2.18. The molecule has 0 aliphatic rings. The summed E-state index contributed by atoms with van der Waals surface area (Å²) in [6.45, 7) is 0. The molecule has 0 saturated carbocycles. The Morgan fingerprint density at radius 1 is 1.29 bits per heavy atom. The van der Waals surface area contributed by atoms with Gasteiger partial charge in [0.1, 0.15) is 11.0 Å². The number of halogens is 3.